The van der Waals surface area contributed by atoms with Crippen LogP contribution in [-0.4, -0.2) is 55.2 Å². The van der Waals surface area contributed by atoms with Crippen LogP contribution in [-0.2, 0) is 11.3 Å². The number of morpholine rings is 1. The molecule has 1 atom stereocenters. The minimum Gasteiger partial charge on any atom is -0.379 e. The molecule has 2 aromatic rings. The van der Waals surface area contributed by atoms with Crippen molar-refractivity contribution in [2.24, 2.45) is 4.99 Å². The molecule has 0 aliphatic carbocycles. The van der Waals surface area contributed by atoms with Crippen LogP contribution in [0.25, 0.3) is 0 Å². The predicted molar refractivity (Wildman–Crippen MR) is 115 cm³/mol. The van der Waals surface area contributed by atoms with Gasteiger partial charge in [0.2, 0.25) is 0 Å². The first-order chi connectivity index (χ1) is 14.2. The van der Waals surface area contributed by atoms with Crippen LogP contribution in [0.3, 0.4) is 0 Å². The lowest BCUT2D eigenvalue weighted by atomic mass is 10.2. The molecule has 1 fully saturated rings. The third-order valence-corrected chi connectivity index (χ3v) is 5.71. The number of nitrogens with zero attached hydrogens (tertiary/aromatic N) is 3. The van der Waals surface area contributed by atoms with Crippen molar-refractivity contribution in [3.8, 4) is 0 Å². The first kappa shape index (κ1) is 21.2. The van der Waals surface area contributed by atoms with Gasteiger partial charge in [0, 0.05) is 43.2 Å². The Morgan fingerprint density at radius 2 is 2.03 bits per heavy atom. The van der Waals surface area contributed by atoms with Crippen molar-refractivity contribution in [1.82, 2.24) is 15.5 Å². The van der Waals surface area contributed by atoms with Gasteiger partial charge < -0.3 is 15.4 Å². The Morgan fingerprint density at radius 1 is 1.28 bits per heavy atom. The second kappa shape index (κ2) is 10.9. The van der Waals surface area contributed by atoms with Crippen molar-refractivity contribution in [2.75, 3.05) is 39.4 Å². The lowest BCUT2D eigenvalue weighted by Gasteiger charge is -2.34. The number of benzene rings is 1. The fourth-order valence-corrected chi connectivity index (χ4v) is 4.07. The summed E-state index contributed by atoms with van der Waals surface area (Å²) in [7, 11) is 0. The average molecular weight is 418 g/mol. The number of nitrogens with one attached hydrogen (secondary N) is 2. The van der Waals surface area contributed by atoms with E-state index in [0.717, 1.165) is 50.9 Å². The molecule has 0 amide bonds. The largest absolute Gasteiger partial charge is 0.379 e. The maximum atomic E-state index is 10.8. The number of non-ortho nitro benzene ring substituents is 1. The van der Waals surface area contributed by atoms with Crippen molar-refractivity contribution in [3.05, 3.63) is 62.3 Å². The van der Waals surface area contributed by atoms with Gasteiger partial charge in [0.05, 0.1) is 30.7 Å². The number of aliphatic imine (C=N–C) groups is 1. The molecule has 1 saturated heterocycles. The Hall–Kier alpha value is -2.49. The molecule has 0 bridgehead atoms. The Bertz CT molecular complexity index is 789. The minimum atomic E-state index is -0.394. The minimum absolute atomic E-state index is 0.0899. The Morgan fingerprint density at radius 3 is 2.66 bits per heavy atom. The highest BCUT2D eigenvalue weighted by Gasteiger charge is 2.23. The molecule has 1 aromatic carbocycles. The molecule has 1 aromatic heterocycles. The summed E-state index contributed by atoms with van der Waals surface area (Å²) in [5.41, 5.74) is 1.02. The van der Waals surface area contributed by atoms with Crippen molar-refractivity contribution in [1.29, 1.82) is 0 Å². The number of nitro benzene ring substituents is 1. The van der Waals surface area contributed by atoms with E-state index >= 15 is 0 Å². The van der Waals surface area contributed by atoms with E-state index in [4.69, 9.17) is 4.74 Å². The topological polar surface area (TPSA) is 92.0 Å². The zero-order valence-electron chi connectivity index (χ0n) is 16.5. The summed E-state index contributed by atoms with van der Waals surface area (Å²) in [6, 6.07) is 11.0. The second-order valence-electron chi connectivity index (χ2n) is 6.68. The molecule has 0 spiro atoms. The van der Waals surface area contributed by atoms with Gasteiger partial charge in [-0.05, 0) is 23.9 Å². The molecule has 8 nitrogen and oxygen atoms in total. The van der Waals surface area contributed by atoms with Crippen molar-refractivity contribution < 1.29 is 9.66 Å². The van der Waals surface area contributed by atoms with E-state index in [0.29, 0.717) is 6.54 Å². The molecule has 3 rings (SSSR count). The number of nitro groups is 1. The fourth-order valence-electron chi connectivity index (χ4n) is 3.21. The summed E-state index contributed by atoms with van der Waals surface area (Å²) in [4.78, 5) is 18.8. The number of thiophene rings is 1. The highest BCUT2D eigenvalue weighted by Crippen LogP contribution is 2.25. The first-order valence-electron chi connectivity index (χ1n) is 9.78. The van der Waals surface area contributed by atoms with Gasteiger partial charge in [0.1, 0.15) is 0 Å². The monoisotopic (exact) mass is 417 g/mol. The number of ether oxygens (including phenoxy) is 1. The molecule has 0 radical (unpaired) electrons. The standard InChI is InChI=1S/C20H27N5O3S/c1-2-21-20(22-14-16-5-7-17(8-6-16)25(26)27)23-15-18(19-4-3-13-29-19)24-9-11-28-12-10-24/h3-8,13,18H,2,9-12,14-15H2,1H3,(H2,21,22,23). The van der Waals surface area contributed by atoms with Crippen LogP contribution >= 0.6 is 11.3 Å². The molecule has 29 heavy (non-hydrogen) atoms. The molecule has 156 valence electrons. The van der Waals surface area contributed by atoms with Crippen molar-refractivity contribution in [2.45, 2.75) is 19.5 Å². The molecule has 0 saturated carbocycles. The van der Waals surface area contributed by atoms with Gasteiger partial charge in [0.15, 0.2) is 5.96 Å². The number of guanidine groups is 1. The van der Waals surface area contributed by atoms with Crippen LogP contribution in [0.2, 0.25) is 0 Å². The van der Waals surface area contributed by atoms with E-state index in [1.165, 1.54) is 17.0 Å². The van der Waals surface area contributed by atoms with Crippen LogP contribution in [0.1, 0.15) is 23.4 Å². The number of hydrogen-bond donors (Lipinski definition) is 2. The maximum Gasteiger partial charge on any atom is 0.269 e. The maximum absolute atomic E-state index is 10.8. The third-order valence-electron chi connectivity index (χ3n) is 4.73. The fraction of sp³-hybridized carbons (Fsp3) is 0.450. The zero-order chi connectivity index (χ0) is 20.5. The molecule has 1 unspecified atom stereocenters. The van der Waals surface area contributed by atoms with Crippen LogP contribution in [0.4, 0.5) is 5.69 Å². The van der Waals surface area contributed by atoms with E-state index in [9.17, 15) is 10.1 Å². The molecular formula is C20H27N5O3S. The van der Waals surface area contributed by atoms with Gasteiger partial charge in [-0.15, -0.1) is 11.3 Å². The van der Waals surface area contributed by atoms with Crippen LogP contribution < -0.4 is 10.6 Å². The van der Waals surface area contributed by atoms with Crippen LogP contribution in [0.15, 0.2) is 46.8 Å². The van der Waals surface area contributed by atoms with E-state index < -0.39 is 4.92 Å². The normalized spacial score (nSPS) is 16.4. The molecule has 2 heterocycles. The summed E-state index contributed by atoms with van der Waals surface area (Å²) in [5, 5.41) is 19.6. The Balaban J connectivity index is 1.64. The van der Waals surface area contributed by atoms with Crippen molar-refractivity contribution >= 4 is 23.0 Å². The smallest absolute Gasteiger partial charge is 0.269 e. The number of hydrogen-bond acceptors (Lipinski definition) is 6. The van der Waals surface area contributed by atoms with E-state index in [1.807, 2.05) is 6.92 Å². The highest BCUT2D eigenvalue weighted by atomic mass is 32.1. The summed E-state index contributed by atoms with van der Waals surface area (Å²) < 4.78 is 5.51. The SMILES string of the molecule is CCNC(=NCc1ccc([N+](=O)[O-])cc1)NCC(c1cccs1)N1CCOCC1. The van der Waals surface area contributed by atoms with Gasteiger partial charge >= 0.3 is 0 Å². The molecule has 2 N–H and O–H groups in total. The molecule has 1 aliphatic heterocycles. The predicted octanol–water partition coefficient (Wildman–Crippen LogP) is 2.78. The van der Waals surface area contributed by atoms with E-state index in [2.05, 4.69) is 38.0 Å². The Labute approximate surface area is 174 Å². The Kier molecular flexibility index (Phi) is 7.97. The van der Waals surface area contributed by atoms with Gasteiger partial charge in [-0.3, -0.25) is 15.0 Å². The summed E-state index contributed by atoms with van der Waals surface area (Å²) >= 11 is 1.77. The zero-order valence-corrected chi connectivity index (χ0v) is 17.4. The van der Waals surface area contributed by atoms with Crippen LogP contribution in [0, 0.1) is 10.1 Å². The van der Waals surface area contributed by atoms with Gasteiger partial charge in [0.25, 0.3) is 5.69 Å². The first-order valence-corrected chi connectivity index (χ1v) is 10.7. The number of rotatable bonds is 8. The average Bonchev–Trinajstić information content (AvgIpc) is 3.27. The van der Waals surface area contributed by atoms with Gasteiger partial charge in [-0.25, -0.2) is 4.99 Å². The highest BCUT2D eigenvalue weighted by molar-refractivity contribution is 7.10. The third kappa shape index (κ3) is 6.25. The molecular weight excluding hydrogens is 390 g/mol. The quantitative estimate of drug-likeness (QED) is 0.297. The summed E-state index contributed by atoms with van der Waals surface area (Å²) in [6.07, 6.45) is 0. The van der Waals surface area contributed by atoms with Crippen LogP contribution in [0.5, 0.6) is 0 Å². The van der Waals surface area contributed by atoms with Gasteiger partial charge in [-0.2, -0.15) is 0 Å². The van der Waals surface area contributed by atoms with Gasteiger partial charge in [-0.1, -0.05) is 18.2 Å². The summed E-state index contributed by atoms with van der Waals surface area (Å²) in [6.45, 7) is 7.34. The molecule has 1 aliphatic rings. The second-order valence-corrected chi connectivity index (χ2v) is 7.66. The summed E-state index contributed by atoms with van der Waals surface area (Å²) in [5.74, 6) is 0.737. The lowest BCUT2D eigenvalue weighted by molar-refractivity contribution is -0.384. The lowest BCUT2D eigenvalue weighted by Crippen LogP contribution is -2.46. The van der Waals surface area contributed by atoms with Crippen molar-refractivity contribution in [3.63, 3.8) is 0 Å². The van der Waals surface area contributed by atoms with E-state index in [1.54, 1.807) is 23.5 Å². The van der Waals surface area contributed by atoms with E-state index in [-0.39, 0.29) is 11.7 Å². The molecule has 9 heteroatoms.